The molecule has 2 N–H and O–H groups in total. The molecule has 0 fully saturated rings. The SMILES string of the molecule is CC(C)CCn1c(CN)nc2cc(OC(C)C)ccc21. The van der Waals surface area contributed by atoms with Gasteiger partial charge in [0.2, 0.25) is 0 Å². The van der Waals surface area contributed by atoms with E-state index in [-0.39, 0.29) is 6.10 Å². The molecule has 0 spiro atoms. The zero-order valence-corrected chi connectivity index (χ0v) is 12.9. The number of ether oxygens (including phenoxy) is 1. The summed E-state index contributed by atoms with van der Waals surface area (Å²) in [6, 6.07) is 6.09. The van der Waals surface area contributed by atoms with Crippen LogP contribution in [0.25, 0.3) is 11.0 Å². The van der Waals surface area contributed by atoms with Crippen LogP contribution in [0.1, 0.15) is 39.9 Å². The van der Waals surface area contributed by atoms with Gasteiger partial charge in [-0.15, -0.1) is 0 Å². The molecule has 1 aromatic carbocycles. The Hall–Kier alpha value is -1.55. The van der Waals surface area contributed by atoms with Crippen LogP contribution in [0.3, 0.4) is 0 Å². The van der Waals surface area contributed by atoms with Crippen molar-refractivity contribution in [3.63, 3.8) is 0 Å². The topological polar surface area (TPSA) is 53.1 Å². The maximum absolute atomic E-state index is 5.83. The zero-order valence-electron chi connectivity index (χ0n) is 12.9. The van der Waals surface area contributed by atoms with Gasteiger partial charge in [-0.05, 0) is 38.3 Å². The van der Waals surface area contributed by atoms with E-state index in [1.54, 1.807) is 0 Å². The quantitative estimate of drug-likeness (QED) is 0.879. The first-order valence-electron chi connectivity index (χ1n) is 7.37. The van der Waals surface area contributed by atoms with Gasteiger partial charge >= 0.3 is 0 Å². The van der Waals surface area contributed by atoms with E-state index in [0.29, 0.717) is 12.5 Å². The van der Waals surface area contributed by atoms with Gasteiger partial charge in [-0.2, -0.15) is 0 Å². The summed E-state index contributed by atoms with van der Waals surface area (Å²) in [4.78, 5) is 4.64. The largest absolute Gasteiger partial charge is 0.491 e. The molecule has 1 heterocycles. The number of aryl methyl sites for hydroxylation is 1. The summed E-state index contributed by atoms with van der Waals surface area (Å²) < 4.78 is 7.95. The molecule has 2 aromatic rings. The van der Waals surface area contributed by atoms with Crippen LogP contribution >= 0.6 is 0 Å². The van der Waals surface area contributed by atoms with Crippen molar-refractivity contribution < 1.29 is 4.74 Å². The van der Waals surface area contributed by atoms with E-state index >= 15 is 0 Å². The number of aromatic nitrogens is 2. The fourth-order valence-electron chi connectivity index (χ4n) is 2.30. The second-order valence-electron chi connectivity index (χ2n) is 5.88. The smallest absolute Gasteiger partial charge is 0.123 e. The van der Waals surface area contributed by atoms with Gasteiger partial charge < -0.3 is 15.0 Å². The van der Waals surface area contributed by atoms with Gasteiger partial charge in [0.05, 0.1) is 23.7 Å². The van der Waals surface area contributed by atoms with Crippen LogP contribution in [0, 0.1) is 5.92 Å². The van der Waals surface area contributed by atoms with Gasteiger partial charge in [-0.25, -0.2) is 4.98 Å². The van der Waals surface area contributed by atoms with Gasteiger partial charge in [-0.1, -0.05) is 13.8 Å². The summed E-state index contributed by atoms with van der Waals surface area (Å²) in [6.45, 7) is 9.94. The lowest BCUT2D eigenvalue weighted by atomic mass is 10.1. The highest BCUT2D eigenvalue weighted by molar-refractivity contribution is 5.77. The highest BCUT2D eigenvalue weighted by Crippen LogP contribution is 2.23. The molecule has 0 unspecified atom stereocenters. The van der Waals surface area contributed by atoms with Crippen molar-refractivity contribution in [1.82, 2.24) is 9.55 Å². The first kappa shape index (κ1) is 14.9. The van der Waals surface area contributed by atoms with Gasteiger partial charge in [0, 0.05) is 12.6 Å². The van der Waals surface area contributed by atoms with Gasteiger partial charge in [0.1, 0.15) is 11.6 Å². The van der Waals surface area contributed by atoms with Gasteiger partial charge in [-0.3, -0.25) is 0 Å². The Labute approximate surface area is 120 Å². The molecule has 4 nitrogen and oxygen atoms in total. The minimum absolute atomic E-state index is 0.171. The van der Waals surface area contributed by atoms with Crippen LogP contribution in [-0.4, -0.2) is 15.7 Å². The molecule has 0 amide bonds. The number of benzene rings is 1. The molecule has 0 saturated heterocycles. The number of nitrogens with zero attached hydrogens (tertiary/aromatic N) is 2. The molecule has 0 aliphatic carbocycles. The predicted octanol–water partition coefficient (Wildman–Crippen LogP) is 3.33. The maximum atomic E-state index is 5.83. The van der Waals surface area contributed by atoms with E-state index in [1.807, 2.05) is 26.0 Å². The van der Waals surface area contributed by atoms with Gasteiger partial charge in [0.25, 0.3) is 0 Å². The Morgan fingerprint density at radius 3 is 2.60 bits per heavy atom. The van der Waals surface area contributed by atoms with E-state index in [4.69, 9.17) is 10.5 Å². The van der Waals surface area contributed by atoms with E-state index in [9.17, 15) is 0 Å². The highest BCUT2D eigenvalue weighted by Gasteiger charge is 2.11. The third-order valence-electron chi connectivity index (χ3n) is 3.28. The minimum Gasteiger partial charge on any atom is -0.491 e. The molecule has 0 atom stereocenters. The molecule has 4 heteroatoms. The highest BCUT2D eigenvalue weighted by atomic mass is 16.5. The predicted molar refractivity (Wildman–Crippen MR) is 82.8 cm³/mol. The van der Waals surface area contributed by atoms with Crippen LogP contribution in [0.5, 0.6) is 5.75 Å². The number of hydrogen-bond donors (Lipinski definition) is 1. The van der Waals surface area contributed by atoms with E-state index in [2.05, 4.69) is 29.5 Å². The molecule has 1 aromatic heterocycles. The normalized spacial score (nSPS) is 11.8. The summed E-state index contributed by atoms with van der Waals surface area (Å²) >= 11 is 0. The van der Waals surface area contributed by atoms with Crippen LogP contribution < -0.4 is 10.5 Å². The van der Waals surface area contributed by atoms with Crippen LogP contribution in [0.15, 0.2) is 18.2 Å². The second kappa shape index (κ2) is 6.27. The summed E-state index contributed by atoms with van der Waals surface area (Å²) in [5.74, 6) is 2.48. The van der Waals surface area contributed by atoms with Gasteiger partial charge in [0.15, 0.2) is 0 Å². The number of nitrogens with two attached hydrogens (primary N) is 1. The lowest BCUT2D eigenvalue weighted by Gasteiger charge is -2.11. The summed E-state index contributed by atoms with van der Waals surface area (Å²) in [6.07, 6.45) is 1.30. The Kier molecular flexibility index (Phi) is 4.65. The maximum Gasteiger partial charge on any atom is 0.123 e. The number of rotatable bonds is 6. The first-order valence-corrected chi connectivity index (χ1v) is 7.37. The lowest BCUT2D eigenvalue weighted by Crippen LogP contribution is -2.10. The molecule has 0 bridgehead atoms. The number of hydrogen-bond acceptors (Lipinski definition) is 3. The Morgan fingerprint density at radius 1 is 1.25 bits per heavy atom. The Balaban J connectivity index is 2.36. The van der Waals surface area contributed by atoms with E-state index in [1.165, 1.54) is 0 Å². The molecule has 0 aliphatic heterocycles. The van der Waals surface area contributed by atoms with Crippen LogP contribution in [0.2, 0.25) is 0 Å². The van der Waals surface area contributed by atoms with Crippen LogP contribution in [0.4, 0.5) is 0 Å². The third-order valence-corrected chi connectivity index (χ3v) is 3.28. The third kappa shape index (κ3) is 3.31. The van der Waals surface area contributed by atoms with Crippen molar-refractivity contribution in [3.05, 3.63) is 24.0 Å². The van der Waals surface area contributed by atoms with E-state index in [0.717, 1.165) is 35.6 Å². The molecular formula is C16H25N3O. The fraction of sp³-hybridized carbons (Fsp3) is 0.562. The average molecular weight is 275 g/mol. The molecular weight excluding hydrogens is 250 g/mol. The second-order valence-corrected chi connectivity index (χ2v) is 5.88. The molecule has 20 heavy (non-hydrogen) atoms. The molecule has 0 saturated carbocycles. The van der Waals surface area contributed by atoms with Crippen molar-refractivity contribution in [3.8, 4) is 5.75 Å². The fourth-order valence-corrected chi connectivity index (χ4v) is 2.30. The Bertz CT molecular complexity index is 572. The molecule has 110 valence electrons. The summed E-state index contributed by atoms with van der Waals surface area (Å²) in [5.41, 5.74) is 7.93. The minimum atomic E-state index is 0.171. The summed E-state index contributed by atoms with van der Waals surface area (Å²) in [5, 5.41) is 0. The first-order chi connectivity index (χ1) is 9.51. The van der Waals surface area contributed by atoms with Crippen molar-refractivity contribution >= 4 is 11.0 Å². The number of imidazole rings is 1. The van der Waals surface area contributed by atoms with Crippen molar-refractivity contribution in [1.29, 1.82) is 0 Å². The van der Waals surface area contributed by atoms with Crippen molar-refractivity contribution in [2.75, 3.05) is 0 Å². The van der Waals surface area contributed by atoms with Crippen molar-refractivity contribution in [2.45, 2.75) is 53.3 Å². The molecule has 0 radical (unpaired) electrons. The lowest BCUT2D eigenvalue weighted by molar-refractivity contribution is 0.242. The Morgan fingerprint density at radius 2 is 2.00 bits per heavy atom. The average Bonchev–Trinajstić information content (AvgIpc) is 2.72. The van der Waals surface area contributed by atoms with E-state index < -0.39 is 0 Å². The van der Waals surface area contributed by atoms with Crippen molar-refractivity contribution in [2.24, 2.45) is 11.7 Å². The number of fused-ring (bicyclic) bond motifs is 1. The summed E-state index contributed by atoms with van der Waals surface area (Å²) in [7, 11) is 0. The van der Waals surface area contributed by atoms with Crippen LogP contribution in [-0.2, 0) is 13.1 Å². The standard InChI is InChI=1S/C16H25N3O/c1-11(2)7-8-19-15-6-5-13(20-12(3)4)9-14(15)18-16(19)10-17/h5-6,9,11-12H,7-8,10,17H2,1-4H3. The monoisotopic (exact) mass is 275 g/mol. The molecule has 2 rings (SSSR count). The molecule has 0 aliphatic rings. The zero-order chi connectivity index (χ0) is 14.7.